The van der Waals surface area contributed by atoms with E-state index in [0.29, 0.717) is 15.6 Å². The van der Waals surface area contributed by atoms with E-state index in [1.54, 1.807) is 18.2 Å². The summed E-state index contributed by atoms with van der Waals surface area (Å²) in [7, 11) is 0. The minimum Gasteiger partial charge on any atom is -0.450 e. The van der Waals surface area contributed by atoms with Gasteiger partial charge in [-0.15, -0.1) is 11.3 Å². The van der Waals surface area contributed by atoms with Crippen LogP contribution in [0.5, 0.6) is 0 Å². The molecule has 0 aliphatic rings. The van der Waals surface area contributed by atoms with Gasteiger partial charge in [0, 0.05) is 17.0 Å². The largest absolute Gasteiger partial charge is 0.450 e. The van der Waals surface area contributed by atoms with Crippen molar-refractivity contribution in [1.82, 2.24) is 4.98 Å². The van der Waals surface area contributed by atoms with Crippen LogP contribution in [0.1, 0.15) is 5.76 Å². The number of carbonyl (C=O) groups is 1. The van der Waals surface area contributed by atoms with Gasteiger partial charge in [-0.25, -0.2) is 4.98 Å². The van der Waals surface area contributed by atoms with Gasteiger partial charge in [0.25, 0.3) is 0 Å². The minimum atomic E-state index is -0.249. The normalized spacial score (nSPS) is 11.0. The van der Waals surface area contributed by atoms with E-state index in [1.165, 1.54) is 17.4 Å². The molecule has 0 spiro atoms. The van der Waals surface area contributed by atoms with Crippen molar-refractivity contribution >= 4 is 44.4 Å². The molecule has 0 unspecified atom stereocenters. The Balaban J connectivity index is 1.65. The lowest BCUT2D eigenvalue weighted by molar-refractivity contribution is -0.111. The fourth-order valence-corrected chi connectivity index (χ4v) is 2.84. The molecule has 0 aliphatic carbocycles. The number of anilines is 1. The Labute approximate surface area is 139 Å². The van der Waals surface area contributed by atoms with Gasteiger partial charge in [0.2, 0.25) is 5.91 Å². The predicted molar refractivity (Wildman–Crippen MR) is 91.6 cm³/mol. The highest BCUT2D eigenvalue weighted by atomic mass is 79.9. The lowest BCUT2D eigenvalue weighted by Crippen LogP contribution is -2.07. The Morgan fingerprint density at radius 2 is 2.05 bits per heavy atom. The second-order valence-corrected chi connectivity index (χ2v) is 6.01. The van der Waals surface area contributed by atoms with Crippen molar-refractivity contribution in [3.63, 3.8) is 0 Å². The number of halogens is 1. The Kier molecular flexibility index (Phi) is 4.50. The van der Waals surface area contributed by atoms with Gasteiger partial charge in [-0.05, 0) is 34.1 Å². The molecule has 0 atom stereocenters. The quantitative estimate of drug-likeness (QED) is 0.666. The van der Waals surface area contributed by atoms with Gasteiger partial charge in [0.05, 0.1) is 5.69 Å². The third-order valence-corrected chi connectivity index (χ3v) is 3.98. The van der Waals surface area contributed by atoms with E-state index in [1.807, 2.05) is 35.7 Å². The zero-order valence-electron chi connectivity index (χ0n) is 11.3. The van der Waals surface area contributed by atoms with Crippen LogP contribution in [0.2, 0.25) is 0 Å². The van der Waals surface area contributed by atoms with Crippen LogP contribution in [0, 0.1) is 0 Å². The number of nitrogens with zero attached hydrogens (tertiary/aromatic N) is 1. The number of rotatable bonds is 4. The molecule has 0 radical (unpaired) electrons. The second-order valence-electron chi connectivity index (χ2n) is 4.37. The SMILES string of the molecule is O=C(/C=C/c1ccc(Br)o1)Nc1nc(-c2ccccc2)cs1. The predicted octanol–water partition coefficient (Wildman–Crippen LogP) is 4.82. The highest BCUT2D eigenvalue weighted by Crippen LogP contribution is 2.24. The first-order chi connectivity index (χ1) is 10.7. The van der Waals surface area contributed by atoms with Crippen LogP contribution in [-0.4, -0.2) is 10.9 Å². The number of benzene rings is 1. The van der Waals surface area contributed by atoms with E-state index in [-0.39, 0.29) is 5.91 Å². The summed E-state index contributed by atoms with van der Waals surface area (Å²) in [5, 5.41) is 5.22. The van der Waals surface area contributed by atoms with Gasteiger partial charge in [-0.1, -0.05) is 30.3 Å². The first-order valence-electron chi connectivity index (χ1n) is 6.46. The van der Waals surface area contributed by atoms with Crippen molar-refractivity contribution in [2.24, 2.45) is 0 Å². The zero-order valence-corrected chi connectivity index (χ0v) is 13.7. The zero-order chi connectivity index (χ0) is 15.4. The Bertz CT molecular complexity index is 808. The molecule has 22 heavy (non-hydrogen) atoms. The van der Waals surface area contributed by atoms with Crippen LogP contribution in [0.3, 0.4) is 0 Å². The molecule has 3 rings (SSSR count). The molecule has 1 aromatic carbocycles. The molecule has 0 saturated heterocycles. The van der Waals surface area contributed by atoms with Gasteiger partial charge in [0.15, 0.2) is 9.80 Å². The first kappa shape index (κ1) is 14.7. The third-order valence-electron chi connectivity index (χ3n) is 2.80. The van der Waals surface area contributed by atoms with Crippen molar-refractivity contribution in [2.75, 3.05) is 5.32 Å². The molecule has 110 valence electrons. The van der Waals surface area contributed by atoms with Gasteiger partial charge in [-0.3, -0.25) is 10.1 Å². The maximum atomic E-state index is 11.9. The summed E-state index contributed by atoms with van der Waals surface area (Å²) in [6.45, 7) is 0. The molecule has 0 aliphatic heterocycles. The molecule has 0 bridgehead atoms. The molecular weight excluding hydrogens is 364 g/mol. The number of thiazole rings is 1. The number of nitrogens with one attached hydrogen (secondary N) is 1. The summed E-state index contributed by atoms with van der Waals surface area (Å²) in [5.41, 5.74) is 1.87. The van der Waals surface area contributed by atoms with E-state index in [0.717, 1.165) is 11.3 Å². The molecular formula is C16H11BrN2O2S. The third kappa shape index (κ3) is 3.72. The molecule has 0 fully saturated rings. The van der Waals surface area contributed by atoms with Crippen LogP contribution >= 0.6 is 27.3 Å². The van der Waals surface area contributed by atoms with Crippen molar-refractivity contribution in [3.05, 3.63) is 64.4 Å². The summed E-state index contributed by atoms with van der Waals surface area (Å²) in [6, 6.07) is 13.4. The maximum Gasteiger partial charge on any atom is 0.250 e. The number of amides is 1. The molecule has 6 heteroatoms. The molecule has 1 amide bonds. The lowest BCUT2D eigenvalue weighted by Gasteiger charge is -1.96. The van der Waals surface area contributed by atoms with Crippen LogP contribution < -0.4 is 5.32 Å². The summed E-state index contributed by atoms with van der Waals surface area (Å²) >= 11 is 4.60. The summed E-state index contributed by atoms with van der Waals surface area (Å²) in [6.07, 6.45) is 3.01. The van der Waals surface area contributed by atoms with Gasteiger partial charge < -0.3 is 4.42 Å². The molecule has 4 nitrogen and oxygen atoms in total. The Morgan fingerprint density at radius 1 is 1.23 bits per heavy atom. The van der Waals surface area contributed by atoms with Crippen LogP contribution in [0.4, 0.5) is 5.13 Å². The van der Waals surface area contributed by atoms with E-state index in [2.05, 4.69) is 26.2 Å². The van der Waals surface area contributed by atoms with Crippen molar-refractivity contribution in [1.29, 1.82) is 0 Å². The van der Waals surface area contributed by atoms with Crippen molar-refractivity contribution < 1.29 is 9.21 Å². The fourth-order valence-electron chi connectivity index (χ4n) is 1.80. The number of hydrogen-bond acceptors (Lipinski definition) is 4. The molecule has 0 saturated carbocycles. The van der Waals surface area contributed by atoms with E-state index in [4.69, 9.17) is 4.42 Å². The molecule has 1 N–H and O–H groups in total. The van der Waals surface area contributed by atoms with Crippen molar-refractivity contribution in [3.8, 4) is 11.3 Å². The Morgan fingerprint density at radius 3 is 2.77 bits per heavy atom. The summed E-state index contributed by atoms with van der Waals surface area (Å²) < 4.78 is 5.91. The smallest absolute Gasteiger partial charge is 0.250 e. The standard InChI is InChI=1S/C16H11BrN2O2S/c17-14-8-6-12(21-14)7-9-15(20)19-16-18-13(10-22-16)11-4-2-1-3-5-11/h1-10H,(H,18,19,20)/b9-7+. The van der Waals surface area contributed by atoms with Crippen LogP contribution in [0.15, 0.2) is 63.0 Å². The number of aromatic nitrogens is 1. The number of furan rings is 1. The average molecular weight is 375 g/mol. The first-order valence-corrected chi connectivity index (χ1v) is 8.13. The summed E-state index contributed by atoms with van der Waals surface area (Å²) in [5.74, 6) is 0.354. The highest BCUT2D eigenvalue weighted by Gasteiger charge is 2.06. The topological polar surface area (TPSA) is 55.1 Å². The summed E-state index contributed by atoms with van der Waals surface area (Å²) in [4.78, 5) is 16.3. The maximum absolute atomic E-state index is 11.9. The highest BCUT2D eigenvalue weighted by molar-refractivity contribution is 9.10. The fraction of sp³-hybridized carbons (Fsp3) is 0. The number of hydrogen-bond donors (Lipinski definition) is 1. The van der Waals surface area contributed by atoms with Gasteiger partial charge in [-0.2, -0.15) is 0 Å². The average Bonchev–Trinajstić information content (AvgIpc) is 3.15. The molecule has 2 heterocycles. The van der Waals surface area contributed by atoms with Crippen LogP contribution in [0.25, 0.3) is 17.3 Å². The van der Waals surface area contributed by atoms with Crippen molar-refractivity contribution in [2.45, 2.75) is 0 Å². The Hall–Kier alpha value is -2.18. The van der Waals surface area contributed by atoms with E-state index < -0.39 is 0 Å². The van der Waals surface area contributed by atoms with Gasteiger partial charge in [0.1, 0.15) is 5.76 Å². The van der Waals surface area contributed by atoms with E-state index >= 15 is 0 Å². The van der Waals surface area contributed by atoms with Gasteiger partial charge >= 0.3 is 0 Å². The molecule has 2 aromatic heterocycles. The molecule has 3 aromatic rings. The minimum absolute atomic E-state index is 0.249. The monoisotopic (exact) mass is 374 g/mol. The number of carbonyl (C=O) groups excluding carboxylic acids is 1. The van der Waals surface area contributed by atoms with Crippen LogP contribution in [-0.2, 0) is 4.79 Å². The van der Waals surface area contributed by atoms with E-state index in [9.17, 15) is 4.79 Å². The second kappa shape index (κ2) is 6.72. The lowest BCUT2D eigenvalue weighted by atomic mass is 10.2.